The van der Waals surface area contributed by atoms with Gasteiger partial charge in [0.2, 0.25) is 0 Å². The van der Waals surface area contributed by atoms with Crippen LogP contribution in [0.1, 0.15) is 6.92 Å². The van der Waals surface area contributed by atoms with Crippen LogP contribution in [-0.4, -0.2) is 49.7 Å². The van der Waals surface area contributed by atoms with Crippen LogP contribution in [0, 0.1) is 15.3 Å². The predicted octanol–water partition coefficient (Wildman–Crippen LogP) is -5.19. The first-order chi connectivity index (χ1) is 3.15. The zero-order valence-corrected chi connectivity index (χ0v) is 8.13. The molecular weight excluding hydrogens is 257 g/mol. The summed E-state index contributed by atoms with van der Waals surface area (Å²) in [4.78, 5) is 8.25. The second-order valence-electron chi connectivity index (χ2n) is 0.540. The van der Waals surface area contributed by atoms with Crippen LogP contribution in [-0.2, 0) is 16.5 Å². The van der Waals surface area contributed by atoms with Gasteiger partial charge in [-0.1, -0.05) is 0 Å². The molecule has 0 aliphatic carbocycles. The van der Waals surface area contributed by atoms with E-state index in [2.05, 4.69) is 0 Å². The molecule has 0 aliphatic rings. The summed E-state index contributed by atoms with van der Waals surface area (Å²) in [6.45, 7) is 1.93. The first kappa shape index (κ1) is 106. The summed E-state index contributed by atoms with van der Waals surface area (Å²) in [5.41, 5.74) is 0. The van der Waals surface area contributed by atoms with E-state index in [1.807, 2.05) is 0 Å². The van der Waals surface area contributed by atoms with Crippen molar-refractivity contribution in [1.82, 2.24) is 0 Å². The zero-order chi connectivity index (χ0) is 6.28. The Kier molecular flexibility index (Phi) is 1050. The molecule has 0 amide bonds. The second kappa shape index (κ2) is 139. The van der Waals surface area contributed by atoms with Crippen molar-refractivity contribution in [3.63, 3.8) is 0 Å². The molecule has 0 aliphatic heterocycles. The molecule has 0 unspecified atom stereocenters. The quantitative estimate of drug-likeness (QED) is 0.257. The largest absolute Gasteiger partial charge is 0.412 e. The van der Waals surface area contributed by atoms with Crippen molar-refractivity contribution in [3.05, 3.63) is 15.3 Å². The molecule has 0 bridgehead atoms. The summed E-state index contributed by atoms with van der Waals surface area (Å²) in [6.07, 6.45) is 0. The standard InChI is InChI=1S/C2H6O.NO3.Ni.6H2O/c1-2-3;2-1(3)4;;;;;;;/h3H,2H2,1H3;;;6*1H2/q;-1;;;;;;;. The smallest absolute Gasteiger partial charge is 0.0689 e. The monoisotopic (exact) mass is 274 g/mol. The Morgan fingerprint density at radius 1 is 1.00 bits per heavy atom. The fraction of sp³-hybridized carbons (Fsp3) is 1.00. The Morgan fingerprint density at radius 2 is 1.00 bits per heavy atom. The van der Waals surface area contributed by atoms with Crippen LogP contribution in [0.5, 0.6) is 0 Å². The van der Waals surface area contributed by atoms with Crippen molar-refractivity contribution in [2.75, 3.05) is 6.61 Å². The molecule has 13 N–H and O–H groups in total. The average Bonchev–Trinajstić information content (AvgIpc) is 1.33. The molecule has 0 atom stereocenters. The molecule has 11 nitrogen and oxygen atoms in total. The Bertz CT molecular complexity index is 49.4. The predicted molar refractivity (Wildman–Crippen MR) is 44.8 cm³/mol. The van der Waals surface area contributed by atoms with Crippen LogP contribution in [0.15, 0.2) is 0 Å². The minimum absolute atomic E-state index is 0. The van der Waals surface area contributed by atoms with Crippen molar-refractivity contribution in [2.45, 2.75) is 6.92 Å². The van der Waals surface area contributed by atoms with Crippen molar-refractivity contribution in [1.29, 1.82) is 0 Å². The molecule has 14 heavy (non-hydrogen) atoms. The maximum absolute atomic E-state index is 8.25. The SMILES string of the molecule is CCO.O.O.O.O.O.O.O=[N+]([O-])[O-].[Ni]. The van der Waals surface area contributed by atoms with E-state index in [1.165, 1.54) is 0 Å². The minimum Gasteiger partial charge on any atom is -0.412 e. The second-order valence-corrected chi connectivity index (χ2v) is 0.540. The van der Waals surface area contributed by atoms with Crippen molar-refractivity contribution < 1.29 is 59.5 Å². The van der Waals surface area contributed by atoms with E-state index in [-0.39, 0.29) is 56.0 Å². The average molecular weight is 275 g/mol. The van der Waals surface area contributed by atoms with Crippen molar-refractivity contribution >= 4 is 0 Å². The van der Waals surface area contributed by atoms with Gasteiger partial charge in [-0.25, -0.2) is 0 Å². The summed E-state index contributed by atoms with van der Waals surface area (Å²) in [6, 6.07) is 0. The molecule has 0 fully saturated rings. The molecule has 0 aromatic heterocycles. The van der Waals surface area contributed by atoms with E-state index in [1.54, 1.807) is 6.92 Å². The first-order valence-corrected chi connectivity index (χ1v) is 1.57. The van der Waals surface area contributed by atoms with Gasteiger partial charge in [-0.3, -0.25) is 0 Å². The first-order valence-electron chi connectivity index (χ1n) is 1.57. The van der Waals surface area contributed by atoms with Gasteiger partial charge in [0.25, 0.3) is 0 Å². The number of nitrogens with zero attached hydrogens (tertiary/aromatic N) is 1. The third kappa shape index (κ3) is 3600. The molecule has 0 rings (SSSR count). The molecule has 0 saturated carbocycles. The summed E-state index contributed by atoms with van der Waals surface area (Å²) >= 11 is 0. The van der Waals surface area contributed by atoms with Crippen molar-refractivity contribution in [2.24, 2.45) is 0 Å². The molecule has 0 heterocycles. The summed E-state index contributed by atoms with van der Waals surface area (Å²) < 4.78 is 0. The number of hydrogen-bond acceptors (Lipinski definition) is 4. The van der Waals surface area contributed by atoms with Crippen LogP contribution in [0.3, 0.4) is 0 Å². The van der Waals surface area contributed by atoms with Gasteiger partial charge in [-0.2, -0.15) is 0 Å². The van der Waals surface area contributed by atoms with Gasteiger partial charge in [0.15, 0.2) is 0 Å². The number of aliphatic hydroxyl groups excluding tert-OH is 1. The molecule has 0 radical (unpaired) electrons. The number of aliphatic hydroxyl groups is 1. The molecule has 0 aromatic rings. The summed E-state index contributed by atoms with van der Waals surface area (Å²) in [5.74, 6) is 0. The van der Waals surface area contributed by atoms with Gasteiger partial charge >= 0.3 is 0 Å². The van der Waals surface area contributed by atoms with Crippen LogP contribution < -0.4 is 0 Å². The van der Waals surface area contributed by atoms with E-state index in [4.69, 9.17) is 20.4 Å². The van der Waals surface area contributed by atoms with Gasteiger partial charge in [0, 0.05) is 23.1 Å². The van der Waals surface area contributed by atoms with Gasteiger partial charge in [-0.15, -0.1) is 0 Å². The van der Waals surface area contributed by atoms with Gasteiger partial charge < -0.3 is 53.3 Å². The van der Waals surface area contributed by atoms with E-state index in [0.717, 1.165) is 0 Å². The van der Waals surface area contributed by atoms with Crippen LogP contribution in [0.2, 0.25) is 0 Å². The van der Waals surface area contributed by atoms with Crippen LogP contribution >= 0.6 is 0 Å². The van der Waals surface area contributed by atoms with E-state index < -0.39 is 5.09 Å². The number of hydrogen-bond donors (Lipinski definition) is 1. The fourth-order valence-corrected chi connectivity index (χ4v) is 0. The van der Waals surface area contributed by atoms with E-state index in [0.29, 0.717) is 0 Å². The Balaban J connectivity index is -0.00000000344. The van der Waals surface area contributed by atoms with Gasteiger partial charge in [0.1, 0.15) is 0 Å². The normalized spacial score (nSPS) is 3.00. The van der Waals surface area contributed by atoms with Crippen molar-refractivity contribution in [3.8, 4) is 0 Å². The van der Waals surface area contributed by atoms with Gasteiger partial charge in [-0.05, 0) is 6.92 Å². The van der Waals surface area contributed by atoms with Crippen LogP contribution in [0.4, 0.5) is 0 Å². The third-order valence-corrected chi connectivity index (χ3v) is 0. The molecule has 12 heteroatoms. The molecule has 0 saturated heterocycles. The number of rotatable bonds is 0. The third-order valence-electron chi connectivity index (χ3n) is 0. The Morgan fingerprint density at radius 3 is 1.00 bits per heavy atom. The summed E-state index contributed by atoms with van der Waals surface area (Å²) in [7, 11) is 0. The molecule has 102 valence electrons. The molecule has 0 aromatic carbocycles. The van der Waals surface area contributed by atoms with E-state index >= 15 is 0 Å². The summed E-state index contributed by atoms with van der Waals surface area (Å²) in [5, 5.41) is 22.3. The Hall–Kier alpha value is -0.586. The maximum atomic E-state index is 8.25. The molecule has 0 spiro atoms. The van der Waals surface area contributed by atoms with Crippen LogP contribution in [0.25, 0.3) is 0 Å². The fourth-order valence-electron chi connectivity index (χ4n) is 0. The maximum Gasteiger partial charge on any atom is 0.0689 e. The Labute approximate surface area is 89.2 Å². The minimum atomic E-state index is -1.75. The topological polar surface area (TPSA) is 275 Å². The van der Waals surface area contributed by atoms with Gasteiger partial charge in [0.05, 0.1) is 5.09 Å². The molecular formula is C2H18NNiO10-. The zero-order valence-electron chi connectivity index (χ0n) is 7.14. The van der Waals surface area contributed by atoms with E-state index in [9.17, 15) is 0 Å².